The first kappa shape index (κ1) is 17.7. The summed E-state index contributed by atoms with van der Waals surface area (Å²) in [5.74, 6) is 1.33. The van der Waals surface area contributed by atoms with Gasteiger partial charge in [0.1, 0.15) is 0 Å². The van der Waals surface area contributed by atoms with Crippen LogP contribution in [0.4, 0.5) is 0 Å². The standard InChI is InChI=1S/C17H22BrN3O2/c1-11(19)9-10-20-15(22)7-8-16-21-12(2)17(23-16)13-3-5-14(18)6-4-13/h3-6,11H,7-10,19H2,1-2H3,(H,20,22). The first-order chi connectivity index (χ1) is 11.0. The number of hydrogen-bond donors (Lipinski definition) is 2. The smallest absolute Gasteiger partial charge is 0.220 e. The first-order valence-electron chi connectivity index (χ1n) is 7.70. The largest absolute Gasteiger partial charge is 0.440 e. The van der Waals surface area contributed by atoms with Crippen LogP contribution in [0.25, 0.3) is 11.3 Å². The van der Waals surface area contributed by atoms with Crippen molar-refractivity contribution in [1.29, 1.82) is 0 Å². The summed E-state index contributed by atoms with van der Waals surface area (Å²) in [6, 6.07) is 7.97. The molecule has 3 N–H and O–H groups in total. The van der Waals surface area contributed by atoms with E-state index in [0.29, 0.717) is 25.3 Å². The zero-order chi connectivity index (χ0) is 16.8. The van der Waals surface area contributed by atoms with E-state index in [9.17, 15) is 4.79 Å². The first-order valence-corrected chi connectivity index (χ1v) is 8.49. The van der Waals surface area contributed by atoms with E-state index < -0.39 is 0 Å². The van der Waals surface area contributed by atoms with E-state index in [4.69, 9.17) is 10.2 Å². The Morgan fingerprint density at radius 3 is 2.74 bits per heavy atom. The van der Waals surface area contributed by atoms with Gasteiger partial charge in [-0.15, -0.1) is 0 Å². The predicted octanol–water partition coefficient (Wildman–Crippen LogP) is 3.20. The van der Waals surface area contributed by atoms with Gasteiger partial charge in [-0.05, 0) is 32.4 Å². The fourth-order valence-electron chi connectivity index (χ4n) is 2.18. The maximum absolute atomic E-state index is 11.8. The molecule has 124 valence electrons. The van der Waals surface area contributed by atoms with E-state index in [1.165, 1.54) is 0 Å². The number of hydrogen-bond acceptors (Lipinski definition) is 4. The van der Waals surface area contributed by atoms with Gasteiger partial charge in [-0.2, -0.15) is 0 Å². The third-order valence-corrected chi connectivity index (χ3v) is 3.96. The number of carbonyl (C=O) groups is 1. The summed E-state index contributed by atoms with van der Waals surface area (Å²) in [4.78, 5) is 16.2. The number of amides is 1. The van der Waals surface area contributed by atoms with Crippen molar-refractivity contribution in [3.63, 3.8) is 0 Å². The van der Waals surface area contributed by atoms with Gasteiger partial charge in [0, 0.05) is 35.5 Å². The summed E-state index contributed by atoms with van der Waals surface area (Å²) in [6.07, 6.45) is 1.62. The van der Waals surface area contributed by atoms with E-state index in [1.54, 1.807) is 0 Å². The monoisotopic (exact) mass is 379 g/mol. The highest BCUT2D eigenvalue weighted by molar-refractivity contribution is 9.10. The van der Waals surface area contributed by atoms with Crippen LogP contribution in [0.15, 0.2) is 33.2 Å². The van der Waals surface area contributed by atoms with E-state index >= 15 is 0 Å². The van der Waals surface area contributed by atoms with Gasteiger partial charge >= 0.3 is 0 Å². The molecule has 0 radical (unpaired) electrons. The fourth-order valence-corrected chi connectivity index (χ4v) is 2.44. The molecular formula is C17H22BrN3O2. The van der Waals surface area contributed by atoms with E-state index in [-0.39, 0.29) is 11.9 Å². The quantitative estimate of drug-likeness (QED) is 0.773. The number of nitrogens with zero attached hydrogens (tertiary/aromatic N) is 1. The molecule has 1 unspecified atom stereocenters. The van der Waals surface area contributed by atoms with Gasteiger partial charge in [0.05, 0.1) is 5.69 Å². The summed E-state index contributed by atoms with van der Waals surface area (Å²) in [7, 11) is 0. The molecule has 5 nitrogen and oxygen atoms in total. The number of rotatable bonds is 7. The van der Waals surface area contributed by atoms with Gasteiger partial charge in [-0.1, -0.05) is 28.1 Å². The number of halogens is 1. The van der Waals surface area contributed by atoms with Gasteiger partial charge in [-0.3, -0.25) is 4.79 Å². The number of benzene rings is 1. The Balaban J connectivity index is 1.91. The Kier molecular flexibility index (Phi) is 6.36. The minimum Gasteiger partial charge on any atom is -0.440 e. The molecule has 1 aromatic carbocycles. The second-order valence-electron chi connectivity index (χ2n) is 5.64. The van der Waals surface area contributed by atoms with Crippen molar-refractivity contribution in [3.8, 4) is 11.3 Å². The molecule has 1 amide bonds. The molecule has 0 saturated carbocycles. The highest BCUT2D eigenvalue weighted by atomic mass is 79.9. The lowest BCUT2D eigenvalue weighted by atomic mass is 10.1. The van der Waals surface area contributed by atoms with Gasteiger partial charge in [0.2, 0.25) is 5.91 Å². The van der Waals surface area contributed by atoms with Crippen molar-refractivity contribution >= 4 is 21.8 Å². The lowest BCUT2D eigenvalue weighted by Crippen LogP contribution is -2.29. The summed E-state index contributed by atoms with van der Waals surface area (Å²) >= 11 is 3.41. The molecule has 1 atom stereocenters. The van der Waals surface area contributed by atoms with Crippen LogP contribution in [0.5, 0.6) is 0 Å². The Morgan fingerprint density at radius 2 is 2.09 bits per heavy atom. The molecular weight excluding hydrogens is 358 g/mol. The average Bonchev–Trinajstić information content (AvgIpc) is 2.87. The second kappa shape index (κ2) is 8.26. The Morgan fingerprint density at radius 1 is 1.39 bits per heavy atom. The van der Waals surface area contributed by atoms with Gasteiger partial charge in [0.25, 0.3) is 0 Å². The molecule has 0 saturated heterocycles. The van der Waals surface area contributed by atoms with Crippen LogP contribution >= 0.6 is 15.9 Å². The Bertz CT molecular complexity index is 650. The maximum Gasteiger partial charge on any atom is 0.220 e. The predicted molar refractivity (Wildman–Crippen MR) is 94.0 cm³/mol. The zero-order valence-corrected chi connectivity index (χ0v) is 15.0. The Labute approximate surface area is 144 Å². The second-order valence-corrected chi connectivity index (χ2v) is 6.56. The van der Waals surface area contributed by atoms with Crippen LogP contribution in [0.2, 0.25) is 0 Å². The lowest BCUT2D eigenvalue weighted by molar-refractivity contribution is -0.121. The molecule has 23 heavy (non-hydrogen) atoms. The van der Waals surface area contributed by atoms with Crippen LogP contribution in [-0.2, 0) is 11.2 Å². The lowest BCUT2D eigenvalue weighted by Gasteiger charge is -2.06. The third-order valence-electron chi connectivity index (χ3n) is 3.44. The van der Waals surface area contributed by atoms with Crippen molar-refractivity contribution in [3.05, 3.63) is 40.3 Å². The normalized spacial score (nSPS) is 12.2. The molecule has 0 fully saturated rings. The zero-order valence-electron chi connectivity index (χ0n) is 13.4. The van der Waals surface area contributed by atoms with E-state index in [2.05, 4.69) is 26.2 Å². The molecule has 6 heteroatoms. The van der Waals surface area contributed by atoms with Crippen LogP contribution < -0.4 is 11.1 Å². The third kappa shape index (κ3) is 5.48. The molecule has 0 spiro atoms. The van der Waals surface area contributed by atoms with Crippen LogP contribution in [0.1, 0.15) is 31.4 Å². The molecule has 1 aromatic heterocycles. The molecule has 2 aromatic rings. The van der Waals surface area contributed by atoms with Gasteiger partial charge in [0.15, 0.2) is 11.7 Å². The average molecular weight is 380 g/mol. The van der Waals surface area contributed by atoms with E-state index in [1.807, 2.05) is 38.1 Å². The van der Waals surface area contributed by atoms with Crippen molar-refractivity contribution in [2.45, 2.75) is 39.2 Å². The molecule has 0 aliphatic heterocycles. The number of nitrogens with one attached hydrogen (secondary N) is 1. The number of aromatic nitrogens is 1. The van der Waals surface area contributed by atoms with Gasteiger partial charge in [-0.25, -0.2) is 4.98 Å². The minimum absolute atomic E-state index is 0.00769. The highest BCUT2D eigenvalue weighted by Crippen LogP contribution is 2.26. The van der Waals surface area contributed by atoms with Crippen molar-refractivity contribution < 1.29 is 9.21 Å². The highest BCUT2D eigenvalue weighted by Gasteiger charge is 2.13. The molecule has 0 bridgehead atoms. The maximum atomic E-state index is 11.8. The molecule has 0 aliphatic rings. The minimum atomic E-state index is -0.00769. The fraction of sp³-hybridized carbons (Fsp3) is 0.412. The summed E-state index contributed by atoms with van der Waals surface area (Å²) in [5, 5.41) is 2.85. The van der Waals surface area contributed by atoms with Crippen molar-refractivity contribution in [2.75, 3.05) is 6.54 Å². The SMILES string of the molecule is Cc1nc(CCC(=O)NCCC(C)N)oc1-c1ccc(Br)cc1. The van der Waals surface area contributed by atoms with Crippen LogP contribution in [0, 0.1) is 6.92 Å². The molecule has 1 heterocycles. The number of aryl methyl sites for hydroxylation is 2. The topological polar surface area (TPSA) is 81.2 Å². The van der Waals surface area contributed by atoms with Crippen molar-refractivity contribution in [1.82, 2.24) is 10.3 Å². The van der Waals surface area contributed by atoms with Gasteiger partial charge < -0.3 is 15.5 Å². The van der Waals surface area contributed by atoms with E-state index in [0.717, 1.165) is 27.9 Å². The van der Waals surface area contributed by atoms with Crippen molar-refractivity contribution in [2.24, 2.45) is 5.73 Å². The van der Waals surface area contributed by atoms with Crippen LogP contribution in [-0.4, -0.2) is 23.5 Å². The summed E-state index contributed by atoms with van der Waals surface area (Å²) in [5.41, 5.74) is 7.46. The summed E-state index contributed by atoms with van der Waals surface area (Å²) < 4.78 is 6.82. The number of oxazole rings is 1. The number of carbonyl (C=O) groups excluding carboxylic acids is 1. The Hall–Kier alpha value is -1.66. The molecule has 2 rings (SSSR count). The number of nitrogens with two attached hydrogens (primary N) is 1. The van der Waals surface area contributed by atoms with Crippen LogP contribution in [0.3, 0.4) is 0 Å². The summed E-state index contributed by atoms with van der Waals surface area (Å²) in [6.45, 7) is 4.43. The molecule has 0 aliphatic carbocycles.